The minimum Gasteiger partial charge on any atom is -0.480 e. The van der Waals surface area contributed by atoms with Crippen molar-refractivity contribution in [2.75, 3.05) is 18.0 Å². The summed E-state index contributed by atoms with van der Waals surface area (Å²) < 4.78 is 0. The molecule has 0 unspecified atom stereocenters. The van der Waals surface area contributed by atoms with Crippen molar-refractivity contribution in [1.29, 1.82) is 0 Å². The van der Waals surface area contributed by atoms with E-state index in [-0.39, 0.29) is 0 Å². The summed E-state index contributed by atoms with van der Waals surface area (Å²) in [6.07, 6.45) is 1.29. The Morgan fingerprint density at radius 3 is 2.32 bits per heavy atom. The van der Waals surface area contributed by atoms with Crippen molar-refractivity contribution < 1.29 is 19.8 Å². The van der Waals surface area contributed by atoms with Gasteiger partial charge in [-0.25, -0.2) is 9.97 Å². The first kappa shape index (κ1) is 12.7. The van der Waals surface area contributed by atoms with Gasteiger partial charge in [-0.15, -0.1) is 0 Å². The second-order valence-corrected chi connectivity index (χ2v) is 3.86. The zero-order valence-electron chi connectivity index (χ0n) is 9.85. The third-order valence-corrected chi connectivity index (χ3v) is 2.47. The van der Waals surface area contributed by atoms with Gasteiger partial charge in [0.05, 0.1) is 5.52 Å². The summed E-state index contributed by atoms with van der Waals surface area (Å²) in [6, 6.07) is 7.02. The van der Waals surface area contributed by atoms with Crippen molar-refractivity contribution >= 4 is 28.7 Å². The fraction of sp³-hybridized carbons (Fsp3) is 0.167. The van der Waals surface area contributed by atoms with Crippen molar-refractivity contribution in [1.82, 2.24) is 9.97 Å². The summed E-state index contributed by atoms with van der Waals surface area (Å²) in [7, 11) is 0. The Balaban J connectivity index is 2.48. The van der Waals surface area contributed by atoms with Gasteiger partial charge in [-0.1, -0.05) is 12.1 Å². The Bertz CT molecular complexity index is 608. The molecule has 0 spiro atoms. The van der Waals surface area contributed by atoms with Crippen LogP contribution in [0.3, 0.4) is 0 Å². The molecule has 2 N–H and O–H groups in total. The van der Waals surface area contributed by atoms with Gasteiger partial charge in [-0.3, -0.25) is 9.59 Å². The summed E-state index contributed by atoms with van der Waals surface area (Å²) in [5.74, 6) is -1.94. The number of benzene rings is 1. The van der Waals surface area contributed by atoms with Crippen LogP contribution < -0.4 is 4.90 Å². The second-order valence-electron chi connectivity index (χ2n) is 3.86. The first-order valence-electron chi connectivity index (χ1n) is 5.46. The van der Waals surface area contributed by atoms with E-state index < -0.39 is 25.0 Å². The first-order chi connectivity index (χ1) is 9.08. The van der Waals surface area contributed by atoms with Gasteiger partial charge in [0.25, 0.3) is 0 Å². The molecule has 1 aromatic heterocycles. The van der Waals surface area contributed by atoms with Gasteiger partial charge in [0, 0.05) is 5.39 Å². The zero-order valence-corrected chi connectivity index (χ0v) is 9.85. The van der Waals surface area contributed by atoms with Crippen LogP contribution >= 0.6 is 0 Å². The topological polar surface area (TPSA) is 104 Å². The van der Waals surface area contributed by atoms with Crippen LogP contribution in [0.4, 0.5) is 5.82 Å². The van der Waals surface area contributed by atoms with Crippen LogP contribution in [0, 0.1) is 0 Å². The molecule has 0 bridgehead atoms. The average Bonchev–Trinajstić information content (AvgIpc) is 2.36. The largest absolute Gasteiger partial charge is 0.480 e. The number of para-hydroxylation sites is 1. The third-order valence-electron chi connectivity index (χ3n) is 2.47. The number of aromatic nitrogens is 2. The summed E-state index contributed by atoms with van der Waals surface area (Å²) >= 11 is 0. The van der Waals surface area contributed by atoms with Crippen molar-refractivity contribution in [3.8, 4) is 0 Å². The molecule has 0 aliphatic heterocycles. The predicted octanol–water partition coefficient (Wildman–Crippen LogP) is 0.605. The van der Waals surface area contributed by atoms with E-state index in [1.54, 1.807) is 24.3 Å². The Labute approximate surface area is 108 Å². The lowest BCUT2D eigenvalue weighted by atomic mass is 10.2. The van der Waals surface area contributed by atoms with Gasteiger partial charge in [0.15, 0.2) is 0 Å². The molecule has 19 heavy (non-hydrogen) atoms. The number of anilines is 1. The molecule has 0 aliphatic carbocycles. The standard InChI is InChI=1S/C12H11N3O4/c16-10(17)5-15(6-11(18)19)12-8-3-1-2-4-9(8)13-7-14-12/h1-4,7H,5-6H2,(H,16,17)(H,18,19). The van der Waals surface area contributed by atoms with E-state index in [2.05, 4.69) is 9.97 Å². The first-order valence-corrected chi connectivity index (χ1v) is 5.46. The van der Waals surface area contributed by atoms with E-state index in [4.69, 9.17) is 10.2 Å². The quantitative estimate of drug-likeness (QED) is 0.812. The minimum atomic E-state index is -1.12. The summed E-state index contributed by atoms with van der Waals surface area (Å²) in [5.41, 5.74) is 0.633. The van der Waals surface area contributed by atoms with Crippen LogP contribution in [0.5, 0.6) is 0 Å². The molecule has 1 heterocycles. The molecule has 2 aromatic rings. The number of aliphatic carboxylic acids is 2. The van der Waals surface area contributed by atoms with E-state index in [1.165, 1.54) is 11.2 Å². The smallest absolute Gasteiger partial charge is 0.323 e. The SMILES string of the molecule is O=C(O)CN(CC(=O)O)c1ncnc2ccccc12. The van der Waals surface area contributed by atoms with E-state index >= 15 is 0 Å². The number of carboxylic acids is 2. The molecule has 1 aromatic carbocycles. The number of hydrogen-bond acceptors (Lipinski definition) is 5. The molecule has 0 saturated heterocycles. The molecule has 0 atom stereocenters. The molecule has 7 heteroatoms. The monoisotopic (exact) mass is 261 g/mol. The van der Waals surface area contributed by atoms with Gasteiger partial charge in [-0.2, -0.15) is 0 Å². The Morgan fingerprint density at radius 1 is 1.05 bits per heavy atom. The third kappa shape index (κ3) is 2.95. The highest BCUT2D eigenvalue weighted by molar-refractivity contribution is 5.92. The highest BCUT2D eigenvalue weighted by Gasteiger charge is 2.17. The molecule has 98 valence electrons. The number of nitrogens with zero attached hydrogens (tertiary/aromatic N) is 3. The molecule has 2 rings (SSSR count). The van der Waals surface area contributed by atoms with E-state index in [1.807, 2.05) is 0 Å². The molecule has 0 amide bonds. The van der Waals surface area contributed by atoms with Crippen LogP contribution in [0.25, 0.3) is 10.9 Å². The number of fused-ring (bicyclic) bond motifs is 1. The van der Waals surface area contributed by atoms with Crippen molar-refractivity contribution in [2.45, 2.75) is 0 Å². The van der Waals surface area contributed by atoms with E-state index in [9.17, 15) is 9.59 Å². The normalized spacial score (nSPS) is 10.3. The van der Waals surface area contributed by atoms with Crippen LogP contribution in [0.15, 0.2) is 30.6 Å². The van der Waals surface area contributed by atoms with Crippen molar-refractivity contribution in [2.24, 2.45) is 0 Å². The van der Waals surface area contributed by atoms with Crippen LogP contribution in [-0.2, 0) is 9.59 Å². The maximum Gasteiger partial charge on any atom is 0.323 e. The van der Waals surface area contributed by atoms with Crippen LogP contribution in [0.2, 0.25) is 0 Å². The zero-order chi connectivity index (χ0) is 13.8. The number of hydrogen-bond donors (Lipinski definition) is 2. The number of carbonyl (C=O) groups is 2. The Morgan fingerprint density at radius 2 is 1.68 bits per heavy atom. The fourth-order valence-electron chi connectivity index (χ4n) is 1.77. The molecule has 0 radical (unpaired) electrons. The predicted molar refractivity (Wildman–Crippen MR) is 67.0 cm³/mol. The van der Waals surface area contributed by atoms with Gasteiger partial charge in [0.2, 0.25) is 0 Å². The van der Waals surface area contributed by atoms with Gasteiger partial charge in [-0.05, 0) is 12.1 Å². The van der Waals surface area contributed by atoms with Crippen LogP contribution in [-0.4, -0.2) is 45.2 Å². The van der Waals surface area contributed by atoms with Gasteiger partial charge >= 0.3 is 11.9 Å². The minimum absolute atomic E-state index is 0.301. The summed E-state index contributed by atoms with van der Waals surface area (Å²) in [5, 5.41) is 18.3. The summed E-state index contributed by atoms with van der Waals surface area (Å²) in [4.78, 5) is 30.9. The molecule has 7 nitrogen and oxygen atoms in total. The Hall–Kier alpha value is -2.70. The molecule has 0 fully saturated rings. The lowest BCUT2D eigenvalue weighted by Crippen LogP contribution is -2.35. The molecular formula is C12H11N3O4. The number of rotatable bonds is 5. The average molecular weight is 261 g/mol. The van der Waals surface area contributed by atoms with E-state index in [0.717, 1.165) is 0 Å². The molecule has 0 saturated carbocycles. The highest BCUT2D eigenvalue weighted by atomic mass is 16.4. The Kier molecular flexibility index (Phi) is 3.56. The van der Waals surface area contributed by atoms with Gasteiger partial charge < -0.3 is 15.1 Å². The van der Waals surface area contributed by atoms with E-state index in [0.29, 0.717) is 16.7 Å². The van der Waals surface area contributed by atoms with Crippen molar-refractivity contribution in [3.63, 3.8) is 0 Å². The number of carboxylic acid groups (broad SMARTS) is 2. The lowest BCUT2D eigenvalue weighted by molar-refractivity contribution is -0.136. The summed E-state index contributed by atoms with van der Waals surface area (Å²) in [6.45, 7) is -0.874. The molecular weight excluding hydrogens is 250 g/mol. The fourth-order valence-corrected chi connectivity index (χ4v) is 1.77. The van der Waals surface area contributed by atoms with Crippen molar-refractivity contribution in [3.05, 3.63) is 30.6 Å². The maximum atomic E-state index is 10.8. The highest BCUT2D eigenvalue weighted by Crippen LogP contribution is 2.22. The van der Waals surface area contributed by atoms with Crippen LogP contribution in [0.1, 0.15) is 0 Å². The molecule has 0 aliphatic rings. The lowest BCUT2D eigenvalue weighted by Gasteiger charge is -2.20. The maximum absolute atomic E-state index is 10.8. The van der Waals surface area contributed by atoms with Gasteiger partial charge in [0.1, 0.15) is 25.2 Å². The second kappa shape index (κ2) is 5.30.